The highest BCUT2D eigenvalue weighted by atomic mass is 16.4. The summed E-state index contributed by atoms with van der Waals surface area (Å²) in [5.74, 6) is -2.98. The number of rotatable bonds is 23. The first-order chi connectivity index (χ1) is 27.2. The fraction of sp³-hybridized carbons (Fsp3) is 0.553. The number of nitrogens with two attached hydrogens (primary N) is 2. The Kier molecular flexibility index (Phi) is 19.2. The van der Waals surface area contributed by atoms with Gasteiger partial charge in [0.05, 0.1) is 18.6 Å². The van der Waals surface area contributed by atoms with Crippen molar-refractivity contribution in [3.8, 4) is 0 Å². The van der Waals surface area contributed by atoms with Crippen LogP contribution < -0.4 is 32.7 Å². The first kappa shape index (κ1) is 46.1. The van der Waals surface area contributed by atoms with Gasteiger partial charge in [0, 0.05) is 64.2 Å². The van der Waals surface area contributed by atoms with Crippen molar-refractivity contribution in [1.29, 1.82) is 0 Å². The highest BCUT2D eigenvalue weighted by Crippen LogP contribution is 2.24. The van der Waals surface area contributed by atoms with Gasteiger partial charge in [0.15, 0.2) is 5.96 Å². The number of carbonyl (C=O) groups is 6. The van der Waals surface area contributed by atoms with Crippen molar-refractivity contribution < 1.29 is 43.9 Å². The Labute approximate surface area is 333 Å². The maximum Gasteiger partial charge on any atom is 0.475 e. The van der Waals surface area contributed by atoms with Crippen LogP contribution in [0.5, 0.6) is 0 Å². The maximum atomic E-state index is 13.2. The summed E-state index contributed by atoms with van der Waals surface area (Å²) < 4.78 is 0. The number of aliphatic hydroxyl groups excluding tert-OH is 1. The lowest BCUT2D eigenvalue weighted by molar-refractivity contribution is -0.130. The summed E-state index contributed by atoms with van der Waals surface area (Å²) >= 11 is 0. The molecule has 0 saturated carbocycles. The van der Waals surface area contributed by atoms with Crippen LogP contribution >= 0.6 is 0 Å². The van der Waals surface area contributed by atoms with Crippen LogP contribution in [0.1, 0.15) is 91.3 Å². The van der Waals surface area contributed by atoms with Crippen molar-refractivity contribution >= 4 is 59.3 Å². The van der Waals surface area contributed by atoms with Crippen LogP contribution in [-0.4, -0.2) is 138 Å². The molecule has 19 heteroatoms. The van der Waals surface area contributed by atoms with E-state index in [2.05, 4.69) is 26.3 Å². The van der Waals surface area contributed by atoms with Gasteiger partial charge in [0.2, 0.25) is 23.6 Å². The predicted octanol–water partition coefficient (Wildman–Crippen LogP) is -0.863. The number of nitrogens with zero attached hydrogens (tertiary/aromatic N) is 3. The molecule has 1 aliphatic heterocycles. The number of likely N-dealkylation sites (tertiary alicyclic amines) is 1. The molecule has 11 N–H and O–H groups in total. The first-order valence-corrected chi connectivity index (χ1v) is 19.4. The molecule has 3 unspecified atom stereocenters. The van der Waals surface area contributed by atoms with E-state index in [9.17, 15) is 43.9 Å². The number of amides is 6. The van der Waals surface area contributed by atoms with Gasteiger partial charge in [-0.05, 0) is 74.3 Å². The molecule has 0 aromatic heterocycles. The quantitative estimate of drug-likeness (QED) is 0.0289. The van der Waals surface area contributed by atoms with Crippen molar-refractivity contribution in [1.82, 2.24) is 31.1 Å². The molecule has 1 aliphatic rings. The van der Waals surface area contributed by atoms with E-state index in [0.717, 1.165) is 4.90 Å². The summed E-state index contributed by atoms with van der Waals surface area (Å²) in [6, 6.07) is 9.21. The molecule has 0 radical (unpaired) electrons. The van der Waals surface area contributed by atoms with E-state index in [1.807, 2.05) is 0 Å². The van der Waals surface area contributed by atoms with E-state index in [1.54, 1.807) is 49.3 Å². The van der Waals surface area contributed by atoms with Crippen LogP contribution in [0, 0.1) is 0 Å². The van der Waals surface area contributed by atoms with Crippen molar-refractivity contribution in [3.05, 3.63) is 47.5 Å². The molecule has 18 nitrogen and oxygen atoms in total. The van der Waals surface area contributed by atoms with Crippen LogP contribution in [0.3, 0.4) is 0 Å². The largest absolute Gasteiger partial charge is 0.475 e. The lowest BCUT2D eigenvalue weighted by Gasteiger charge is -2.23. The minimum atomic E-state index is -1.82. The number of benzene rings is 2. The van der Waals surface area contributed by atoms with Gasteiger partial charge in [-0.25, -0.2) is 0 Å². The molecule has 1 saturated heterocycles. The second kappa shape index (κ2) is 23.7. The summed E-state index contributed by atoms with van der Waals surface area (Å²) in [5, 5.41) is 41.3. The number of aliphatic hydroxyl groups is 1. The van der Waals surface area contributed by atoms with Gasteiger partial charge >= 0.3 is 7.12 Å². The zero-order valence-electron chi connectivity index (χ0n) is 32.9. The van der Waals surface area contributed by atoms with Crippen LogP contribution in [0.4, 0.5) is 0 Å². The fourth-order valence-electron chi connectivity index (χ4n) is 6.45. The molecule has 0 bridgehead atoms. The van der Waals surface area contributed by atoms with Gasteiger partial charge in [0.1, 0.15) is 6.04 Å². The zero-order chi connectivity index (χ0) is 41.9. The second-order valence-electron chi connectivity index (χ2n) is 14.3. The van der Waals surface area contributed by atoms with E-state index < -0.39 is 43.6 Å². The summed E-state index contributed by atoms with van der Waals surface area (Å²) in [6.45, 7) is 0.649. The van der Waals surface area contributed by atoms with Crippen LogP contribution in [0.15, 0.2) is 41.4 Å². The van der Waals surface area contributed by atoms with Gasteiger partial charge in [-0.1, -0.05) is 30.7 Å². The van der Waals surface area contributed by atoms with Crippen molar-refractivity contribution in [2.45, 2.75) is 88.7 Å². The maximum absolute atomic E-state index is 13.2. The summed E-state index contributed by atoms with van der Waals surface area (Å²) in [6.07, 6.45) is 4.35. The molecule has 0 aliphatic carbocycles. The number of β-amino-alcohol motifs (C(OH)–C–C–N with tert-alkyl or cyclic N) is 1. The van der Waals surface area contributed by atoms with Gasteiger partial charge in [-0.15, -0.1) is 0 Å². The Morgan fingerprint density at radius 1 is 0.842 bits per heavy atom. The zero-order valence-corrected chi connectivity index (χ0v) is 32.9. The molecule has 2 aromatic carbocycles. The third kappa shape index (κ3) is 15.3. The summed E-state index contributed by atoms with van der Waals surface area (Å²) in [7, 11) is 1.73. The van der Waals surface area contributed by atoms with Crippen LogP contribution in [-0.2, 0) is 19.2 Å². The van der Waals surface area contributed by atoms with E-state index in [4.69, 9.17) is 11.5 Å². The van der Waals surface area contributed by atoms with E-state index in [-0.39, 0.29) is 55.0 Å². The Bertz CT molecular complexity index is 1730. The van der Waals surface area contributed by atoms with E-state index in [1.165, 1.54) is 6.07 Å². The molecular weight excluding hydrogens is 737 g/mol. The SMILES string of the molecule is CN(C)C(N)=NCCCC(NC(=O)CCCCCC(N)=O)C(=O)NCCCCCNC(=O)c1ccc(C(=O)NCC(=O)N2CC(O)CC2B(O)O)c2ccccc12. The van der Waals surface area contributed by atoms with E-state index >= 15 is 0 Å². The smallest absolute Gasteiger partial charge is 0.426 e. The number of guanidine groups is 1. The molecule has 312 valence electrons. The monoisotopic (exact) mass is 795 g/mol. The topological polar surface area (TPSA) is 282 Å². The van der Waals surface area contributed by atoms with Crippen LogP contribution in [0.2, 0.25) is 0 Å². The number of aliphatic imine (C=N–C) groups is 1. The van der Waals surface area contributed by atoms with Gasteiger partial charge in [0.25, 0.3) is 11.8 Å². The Balaban J connectivity index is 1.46. The number of unbranched alkanes of at least 4 members (excludes halogenated alkanes) is 4. The predicted molar refractivity (Wildman–Crippen MR) is 215 cm³/mol. The van der Waals surface area contributed by atoms with Crippen molar-refractivity contribution in [2.24, 2.45) is 16.5 Å². The molecule has 6 amide bonds. The Hall–Kier alpha value is -5.27. The third-order valence-electron chi connectivity index (χ3n) is 9.60. The average Bonchev–Trinajstić information content (AvgIpc) is 3.58. The average molecular weight is 796 g/mol. The van der Waals surface area contributed by atoms with Gasteiger partial charge in [-0.2, -0.15) is 0 Å². The minimum absolute atomic E-state index is 0.0167. The number of carbonyl (C=O) groups excluding carboxylic acids is 6. The molecule has 3 atom stereocenters. The van der Waals surface area contributed by atoms with Gasteiger partial charge < -0.3 is 57.7 Å². The highest BCUT2D eigenvalue weighted by Gasteiger charge is 2.41. The number of fused-ring (bicyclic) bond motifs is 1. The number of nitrogens with one attached hydrogen (secondary N) is 4. The molecule has 2 aromatic rings. The first-order valence-electron chi connectivity index (χ1n) is 19.4. The van der Waals surface area contributed by atoms with Crippen molar-refractivity contribution in [2.75, 3.05) is 46.8 Å². The Morgan fingerprint density at radius 3 is 2.05 bits per heavy atom. The normalized spacial score (nSPS) is 15.8. The highest BCUT2D eigenvalue weighted by molar-refractivity contribution is 6.43. The fourth-order valence-corrected chi connectivity index (χ4v) is 6.45. The molecule has 0 spiro atoms. The lowest BCUT2D eigenvalue weighted by Crippen LogP contribution is -2.49. The second-order valence-corrected chi connectivity index (χ2v) is 14.3. The molecule has 1 fully saturated rings. The third-order valence-corrected chi connectivity index (χ3v) is 9.60. The summed E-state index contributed by atoms with van der Waals surface area (Å²) in [4.78, 5) is 82.8. The molecule has 3 rings (SSSR count). The minimum Gasteiger partial charge on any atom is -0.426 e. The van der Waals surface area contributed by atoms with Gasteiger partial charge in [-0.3, -0.25) is 33.8 Å². The van der Waals surface area contributed by atoms with E-state index in [0.29, 0.717) is 93.3 Å². The van der Waals surface area contributed by atoms with Crippen molar-refractivity contribution in [3.63, 3.8) is 0 Å². The molecule has 1 heterocycles. The standard InChI is InChI=1S/C38H58BN9O9/c1-47(2)38(41)44-21-11-14-30(46-33(51)16-6-3-5-15-32(40)50)37(55)43-20-10-4-9-19-42-35(53)28-17-18-29(27-13-8-7-12-26(27)28)36(54)45-23-34(52)48-24-25(49)22-31(48)39(56)57/h7-8,12-13,17-18,25,30-31,49,56-57H,3-6,9-11,14-16,19-24H2,1-2H3,(H2,40,50)(H2,41,44)(H,42,53)(H,43,55)(H,45,54)(H,46,51). The summed E-state index contributed by atoms with van der Waals surface area (Å²) in [5.41, 5.74) is 11.6. The lowest BCUT2D eigenvalue weighted by atomic mass is 9.77. The number of primary amides is 1. The Morgan fingerprint density at radius 2 is 1.44 bits per heavy atom. The number of hydrogen-bond donors (Lipinski definition) is 9. The van der Waals surface area contributed by atoms with Crippen LogP contribution in [0.25, 0.3) is 10.8 Å². The molecular formula is C38H58BN9O9. The molecule has 57 heavy (non-hydrogen) atoms. The number of hydrogen-bond acceptors (Lipinski definition) is 10.